The lowest BCUT2D eigenvalue weighted by molar-refractivity contribution is -0.133. The van der Waals surface area contributed by atoms with E-state index in [2.05, 4.69) is 11.9 Å². The van der Waals surface area contributed by atoms with Gasteiger partial charge in [0, 0.05) is 33.0 Å². The number of imidazole rings is 1. The Morgan fingerprint density at radius 1 is 1.63 bits per heavy atom. The van der Waals surface area contributed by atoms with Gasteiger partial charge in [-0.1, -0.05) is 19.8 Å². The number of aliphatic hydroxyl groups is 1. The zero-order valence-electron chi connectivity index (χ0n) is 12.3. The van der Waals surface area contributed by atoms with Crippen LogP contribution in [0.1, 0.15) is 44.9 Å². The Balaban J connectivity index is 1.97. The van der Waals surface area contributed by atoms with Gasteiger partial charge in [0.15, 0.2) is 0 Å². The fourth-order valence-electron chi connectivity index (χ4n) is 3.33. The highest BCUT2D eigenvalue weighted by Gasteiger charge is 2.41. The van der Waals surface area contributed by atoms with E-state index < -0.39 is 6.10 Å². The molecular formula is C15H26N2O2. The molecule has 0 saturated heterocycles. The minimum absolute atomic E-state index is 0.344. The van der Waals surface area contributed by atoms with Crippen LogP contribution in [0, 0.1) is 5.92 Å². The van der Waals surface area contributed by atoms with Gasteiger partial charge in [0.25, 0.3) is 0 Å². The SMILES string of the molecule is COC1(C(O)CCc2nccn2C)CCCC(C)C1. The maximum atomic E-state index is 10.6. The zero-order valence-corrected chi connectivity index (χ0v) is 12.3. The predicted molar refractivity (Wildman–Crippen MR) is 74.9 cm³/mol. The number of nitrogens with zero attached hydrogens (tertiary/aromatic N) is 2. The molecule has 0 radical (unpaired) electrons. The first-order valence-electron chi connectivity index (χ1n) is 7.27. The largest absolute Gasteiger partial charge is 0.390 e. The standard InChI is InChI=1S/C15H26N2O2/c1-12-5-4-8-15(11-12,19-3)13(18)6-7-14-16-9-10-17(14)2/h9-10,12-13,18H,4-8,11H2,1-3H3. The molecule has 1 saturated carbocycles. The van der Waals surface area contributed by atoms with Crippen molar-refractivity contribution in [1.29, 1.82) is 0 Å². The molecule has 1 N–H and O–H groups in total. The van der Waals surface area contributed by atoms with Gasteiger partial charge in [-0.2, -0.15) is 0 Å². The van der Waals surface area contributed by atoms with Crippen LogP contribution in [0.25, 0.3) is 0 Å². The Labute approximate surface area is 115 Å². The Kier molecular flexibility index (Phi) is 4.63. The van der Waals surface area contributed by atoms with Crippen LogP contribution in [-0.2, 0) is 18.2 Å². The monoisotopic (exact) mass is 266 g/mol. The van der Waals surface area contributed by atoms with Gasteiger partial charge in [-0.15, -0.1) is 0 Å². The molecule has 1 fully saturated rings. The molecule has 1 aliphatic rings. The summed E-state index contributed by atoms with van der Waals surface area (Å²) in [5, 5.41) is 10.6. The number of aliphatic hydroxyl groups excluding tert-OH is 1. The third kappa shape index (κ3) is 3.18. The Bertz CT molecular complexity index is 405. The Hall–Kier alpha value is -0.870. The van der Waals surface area contributed by atoms with E-state index >= 15 is 0 Å². The molecule has 0 amide bonds. The average molecular weight is 266 g/mol. The summed E-state index contributed by atoms with van der Waals surface area (Å²) in [6.07, 6.45) is 9.17. The number of methoxy groups -OCH3 is 1. The molecule has 1 aliphatic carbocycles. The molecule has 0 spiro atoms. The summed E-state index contributed by atoms with van der Waals surface area (Å²) in [5.41, 5.74) is -0.344. The molecule has 3 unspecified atom stereocenters. The van der Waals surface area contributed by atoms with Gasteiger partial charge in [0.05, 0.1) is 11.7 Å². The van der Waals surface area contributed by atoms with E-state index in [1.807, 2.05) is 17.8 Å². The van der Waals surface area contributed by atoms with Gasteiger partial charge in [-0.3, -0.25) is 0 Å². The summed E-state index contributed by atoms with van der Waals surface area (Å²) in [6.45, 7) is 2.25. The minimum atomic E-state index is -0.406. The van der Waals surface area contributed by atoms with E-state index in [-0.39, 0.29) is 5.60 Å². The van der Waals surface area contributed by atoms with E-state index in [9.17, 15) is 5.11 Å². The van der Waals surface area contributed by atoms with Gasteiger partial charge in [-0.25, -0.2) is 4.98 Å². The third-order valence-electron chi connectivity index (χ3n) is 4.57. The number of aryl methyl sites for hydroxylation is 2. The molecule has 0 aromatic carbocycles. The summed E-state index contributed by atoms with van der Waals surface area (Å²) >= 11 is 0. The lowest BCUT2D eigenvalue weighted by atomic mass is 9.74. The number of hydrogen-bond donors (Lipinski definition) is 1. The van der Waals surface area contributed by atoms with Crippen LogP contribution in [0.4, 0.5) is 0 Å². The topological polar surface area (TPSA) is 47.3 Å². The van der Waals surface area contributed by atoms with Crippen LogP contribution < -0.4 is 0 Å². The Morgan fingerprint density at radius 3 is 3.00 bits per heavy atom. The highest BCUT2D eigenvalue weighted by atomic mass is 16.5. The maximum absolute atomic E-state index is 10.6. The lowest BCUT2D eigenvalue weighted by Crippen LogP contribution is -2.47. The molecule has 0 bridgehead atoms. The second kappa shape index (κ2) is 6.06. The van der Waals surface area contributed by atoms with Gasteiger partial charge in [0.2, 0.25) is 0 Å². The van der Waals surface area contributed by atoms with E-state index in [1.165, 1.54) is 6.42 Å². The highest BCUT2D eigenvalue weighted by Crippen LogP contribution is 2.38. The summed E-state index contributed by atoms with van der Waals surface area (Å²) in [4.78, 5) is 4.31. The number of hydrogen-bond acceptors (Lipinski definition) is 3. The Morgan fingerprint density at radius 2 is 2.42 bits per heavy atom. The molecule has 0 aliphatic heterocycles. The van der Waals surface area contributed by atoms with E-state index in [4.69, 9.17) is 4.74 Å². The third-order valence-corrected chi connectivity index (χ3v) is 4.57. The summed E-state index contributed by atoms with van der Waals surface area (Å²) in [5.74, 6) is 1.66. The van der Waals surface area contributed by atoms with Crippen molar-refractivity contribution < 1.29 is 9.84 Å². The molecule has 1 aromatic rings. The molecule has 108 valence electrons. The van der Waals surface area contributed by atoms with E-state index in [0.717, 1.165) is 31.5 Å². The molecule has 4 heteroatoms. The molecular weight excluding hydrogens is 240 g/mol. The van der Waals surface area contributed by atoms with Crippen LogP contribution in [0.15, 0.2) is 12.4 Å². The second-order valence-electron chi connectivity index (χ2n) is 5.98. The van der Waals surface area contributed by atoms with E-state index in [1.54, 1.807) is 13.3 Å². The van der Waals surface area contributed by atoms with Crippen molar-refractivity contribution in [3.8, 4) is 0 Å². The van der Waals surface area contributed by atoms with Gasteiger partial charge >= 0.3 is 0 Å². The average Bonchev–Trinajstić information content (AvgIpc) is 2.81. The molecule has 1 heterocycles. The molecule has 1 aromatic heterocycles. The van der Waals surface area contributed by atoms with Crippen molar-refractivity contribution in [3.05, 3.63) is 18.2 Å². The first-order valence-corrected chi connectivity index (χ1v) is 7.27. The van der Waals surface area contributed by atoms with Gasteiger partial charge in [-0.05, 0) is 25.2 Å². The van der Waals surface area contributed by atoms with Crippen LogP contribution in [-0.4, -0.2) is 33.5 Å². The van der Waals surface area contributed by atoms with Crippen LogP contribution in [0.3, 0.4) is 0 Å². The molecule has 19 heavy (non-hydrogen) atoms. The fourth-order valence-corrected chi connectivity index (χ4v) is 3.33. The number of aromatic nitrogens is 2. The molecule has 3 atom stereocenters. The van der Waals surface area contributed by atoms with Crippen molar-refractivity contribution in [1.82, 2.24) is 9.55 Å². The molecule has 2 rings (SSSR count). The quantitative estimate of drug-likeness (QED) is 0.889. The van der Waals surface area contributed by atoms with Crippen molar-refractivity contribution in [2.24, 2.45) is 13.0 Å². The summed E-state index contributed by atoms with van der Waals surface area (Å²) in [6, 6.07) is 0. The van der Waals surface area contributed by atoms with Crippen LogP contribution in [0.2, 0.25) is 0 Å². The second-order valence-corrected chi connectivity index (χ2v) is 5.98. The zero-order chi connectivity index (χ0) is 13.9. The first-order chi connectivity index (χ1) is 9.07. The van der Waals surface area contributed by atoms with Gasteiger partial charge in [0.1, 0.15) is 5.82 Å². The van der Waals surface area contributed by atoms with Gasteiger partial charge < -0.3 is 14.4 Å². The van der Waals surface area contributed by atoms with Crippen LogP contribution >= 0.6 is 0 Å². The summed E-state index contributed by atoms with van der Waals surface area (Å²) in [7, 11) is 3.73. The predicted octanol–water partition coefficient (Wildman–Crippen LogP) is 2.31. The van der Waals surface area contributed by atoms with Crippen molar-refractivity contribution >= 4 is 0 Å². The first kappa shape index (κ1) is 14.5. The van der Waals surface area contributed by atoms with E-state index in [0.29, 0.717) is 12.3 Å². The van der Waals surface area contributed by atoms with Crippen molar-refractivity contribution in [3.63, 3.8) is 0 Å². The number of rotatable bonds is 5. The minimum Gasteiger partial charge on any atom is -0.390 e. The van der Waals surface area contributed by atoms with Crippen LogP contribution in [0.5, 0.6) is 0 Å². The molecule has 4 nitrogen and oxygen atoms in total. The number of ether oxygens (including phenoxy) is 1. The fraction of sp³-hybridized carbons (Fsp3) is 0.800. The van der Waals surface area contributed by atoms with Crippen molar-refractivity contribution in [2.75, 3.05) is 7.11 Å². The summed E-state index contributed by atoms with van der Waals surface area (Å²) < 4.78 is 7.74. The highest BCUT2D eigenvalue weighted by molar-refractivity contribution is 4.97. The smallest absolute Gasteiger partial charge is 0.108 e. The van der Waals surface area contributed by atoms with Crippen molar-refractivity contribution in [2.45, 2.75) is 57.2 Å². The lowest BCUT2D eigenvalue weighted by Gasteiger charge is -2.42. The maximum Gasteiger partial charge on any atom is 0.108 e. The normalized spacial score (nSPS) is 29.4.